The van der Waals surface area contributed by atoms with E-state index in [1.165, 1.54) is 18.1 Å². The molecule has 1 aliphatic carbocycles. The van der Waals surface area contributed by atoms with Crippen molar-refractivity contribution in [1.29, 1.82) is 0 Å². The number of nitrogens with one attached hydrogen (secondary N) is 3. The summed E-state index contributed by atoms with van der Waals surface area (Å²) < 4.78 is 69.0. The number of rotatable bonds is 15. The van der Waals surface area contributed by atoms with Gasteiger partial charge in [-0.3, -0.25) is 4.79 Å². The monoisotopic (exact) mass is 631 g/mol. The molecule has 0 saturated carbocycles. The van der Waals surface area contributed by atoms with E-state index in [1.54, 1.807) is 30.3 Å². The van der Waals surface area contributed by atoms with Crippen molar-refractivity contribution in [1.82, 2.24) is 15.4 Å². The maximum atomic E-state index is 13.4. The molecule has 0 saturated heterocycles. The molecule has 2 aromatic carbocycles. The number of hydrogen-bond acceptors (Lipinski definition) is 4. The Morgan fingerprint density at radius 2 is 1.86 bits per heavy atom. The standard InChI is InChI=1S/C34H44F3N3O3S/c1-5-28(34(35,36)37)21-29(6-2)44(42,43)40-32(26-13-8-7-9-14-26)22-33(41)39-31-16-10-15-27-20-25(17-18-30(27)31)12-11-19-38-23-24(3)4/h5-9,13-14,17-18,20-21,24,31-32,38,40H,1,10-12,15-16,19,22-23H2,2-4H3,(H,39,41)/t31-,32-/m1/s1. The lowest BCUT2D eigenvalue weighted by Crippen LogP contribution is -2.36. The van der Waals surface area contributed by atoms with Crippen LogP contribution in [0.4, 0.5) is 13.2 Å². The summed E-state index contributed by atoms with van der Waals surface area (Å²) in [7, 11) is -4.43. The van der Waals surface area contributed by atoms with Gasteiger partial charge in [-0.15, -0.1) is 0 Å². The van der Waals surface area contributed by atoms with Gasteiger partial charge >= 0.3 is 6.18 Å². The summed E-state index contributed by atoms with van der Waals surface area (Å²) in [4.78, 5) is 12.8. The minimum absolute atomic E-state index is 0.211. The molecule has 2 aromatic rings. The molecular formula is C34H44F3N3O3S. The Hall–Kier alpha value is -3.21. The van der Waals surface area contributed by atoms with Gasteiger partial charge < -0.3 is 10.6 Å². The lowest BCUT2D eigenvalue weighted by atomic mass is 9.86. The van der Waals surface area contributed by atoms with Gasteiger partial charge in [0, 0.05) is 6.42 Å². The third kappa shape index (κ3) is 10.5. The van der Waals surface area contributed by atoms with Crippen molar-refractivity contribution < 1.29 is 26.4 Å². The molecule has 10 heteroatoms. The first-order valence-electron chi connectivity index (χ1n) is 15.1. The fourth-order valence-corrected chi connectivity index (χ4v) is 6.64. The summed E-state index contributed by atoms with van der Waals surface area (Å²) in [6.45, 7) is 10.8. The molecule has 0 spiro atoms. The van der Waals surface area contributed by atoms with E-state index < -0.39 is 32.7 Å². The van der Waals surface area contributed by atoms with Crippen LogP contribution in [0.5, 0.6) is 0 Å². The molecule has 0 fully saturated rings. The number of sulfonamides is 1. The van der Waals surface area contributed by atoms with Crippen molar-refractivity contribution in [2.75, 3.05) is 13.1 Å². The number of carbonyl (C=O) groups excluding carboxylic acids is 1. The molecule has 1 amide bonds. The Kier molecular flexibility index (Phi) is 13.0. The summed E-state index contributed by atoms with van der Waals surface area (Å²) in [5, 5.41) is 6.55. The van der Waals surface area contributed by atoms with Gasteiger partial charge in [-0.25, -0.2) is 13.1 Å². The molecule has 6 nitrogen and oxygen atoms in total. The van der Waals surface area contributed by atoms with Gasteiger partial charge in [-0.2, -0.15) is 13.2 Å². The quantitative estimate of drug-likeness (QED) is 0.146. The fourth-order valence-electron chi connectivity index (χ4n) is 5.31. The van der Waals surface area contributed by atoms with E-state index in [0.717, 1.165) is 56.8 Å². The van der Waals surface area contributed by atoms with E-state index in [-0.39, 0.29) is 18.4 Å². The minimum Gasteiger partial charge on any atom is -0.349 e. The highest BCUT2D eigenvalue weighted by molar-refractivity contribution is 7.93. The van der Waals surface area contributed by atoms with Crippen LogP contribution in [0.3, 0.4) is 0 Å². The van der Waals surface area contributed by atoms with Gasteiger partial charge in [0.15, 0.2) is 0 Å². The van der Waals surface area contributed by atoms with Gasteiger partial charge in [0.25, 0.3) is 0 Å². The van der Waals surface area contributed by atoms with Crippen molar-refractivity contribution in [2.24, 2.45) is 5.92 Å². The predicted octanol–water partition coefficient (Wildman–Crippen LogP) is 6.99. The van der Waals surface area contributed by atoms with E-state index >= 15 is 0 Å². The Balaban J connectivity index is 1.74. The smallest absolute Gasteiger partial charge is 0.349 e. The number of aryl methyl sites for hydroxylation is 2. The number of hydrogen-bond donors (Lipinski definition) is 3. The van der Waals surface area contributed by atoms with Crippen LogP contribution in [-0.2, 0) is 27.7 Å². The maximum Gasteiger partial charge on any atom is 0.416 e. The summed E-state index contributed by atoms with van der Waals surface area (Å²) in [5.41, 5.74) is 2.86. The number of alkyl halides is 3. The van der Waals surface area contributed by atoms with E-state index in [1.807, 2.05) is 0 Å². The van der Waals surface area contributed by atoms with Gasteiger partial charge in [0.2, 0.25) is 15.9 Å². The van der Waals surface area contributed by atoms with Crippen LogP contribution < -0.4 is 15.4 Å². The predicted molar refractivity (Wildman–Crippen MR) is 170 cm³/mol. The van der Waals surface area contributed by atoms with Crippen LogP contribution >= 0.6 is 0 Å². The van der Waals surface area contributed by atoms with Crippen LogP contribution in [0.25, 0.3) is 0 Å². The van der Waals surface area contributed by atoms with E-state index in [0.29, 0.717) is 23.6 Å². The molecule has 0 aliphatic heterocycles. The van der Waals surface area contributed by atoms with Crippen molar-refractivity contribution in [3.05, 3.63) is 106 Å². The normalized spacial score (nSPS) is 16.8. The average Bonchev–Trinajstić information content (AvgIpc) is 2.96. The Morgan fingerprint density at radius 1 is 1.14 bits per heavy atom. The van der Waals surface area contributed by atoms with Crippen molar-refractivity contribution in [3.63, 3.8) is 0 Å². The highest BCUT2D eigenvalue weighted by atomic mass is 32.2. The minimum atomic E-state index is -4.77. The van der Waals surface area contributed by atoms with E-state index in [9.17, 15) is 26.4 Å². The molecule has 0 aromatic heterocycles. The molecule has 0 unspecified atom stereocenters. The summed E-state index contributed by atoms with van der Waals surface area (Å²) >= 11 is 0. The SMILES string of the molecule is C=CC(=CC(=CC)S(=O)(=O)N[C@H](CC(=O)N[C@@H]1CCCc2cc(CCCNCC(C)C)ccc21)c1ccccc1)C(F)(F)F. The Bertz CT molecular complexity index is 1430. The highest BCUT2D eigenvalue weighted by Gasteiger charge is 2.33. The second-order valence-electron chi connectivity index (χ2n) is 11.5. The number of amides is 1. The molecule has 0 radical (unpaired) electrons. The first-order chi connectivity index (χ1) is 20.8. The average molecular weight is 632 g/mol. The molecular weight excluding hydrogens is 587 g/mol. The molecule has 44 heavy (non-hydrogen) atoms. The molecule has 0 bridgehead atoms. The van der Waals surface area contributed by atoms with Crippen molar-refractivity contribution in [3.8, 4) is 0 Å². The molecule has 2 atom stereocenters. The van der Waals surface area contributed by atoms with Gasteiger partial charge in [-0.05, 0) is 86.4 Å². The first kappa shape index (κ1) is 35.3. The zero-order chi connectivity index (χ0) is 32.3. The molecule has 0 heterocycles. The van der Waals surface area contributed by atoms with Crippen LogP contribution in [0.15, 0.2) is 83.8 Å². The van der Waals surface area contributed by atoms with Crippen LogP contribution in [0.1, 0.15) is 80.8 Å². The van der Waals surface area contributed by atoms with E-state index in [2.05, 4.69) is 54.0 Å². The zero-order valence-corrected chi connectivity index (χ0v) is 26.5. The van der Waals surface area contributed by atoms with Crippen LogP contribution in [0.2, 0.25) is 0 Å². The Morgan fingerprint density at radius 3 is 2.50 bits per heavy atom. The van der Waals surface area contributed by atoms with Gasteiger partial charge in [0.05, 0.1) is 22.6 Å². The molecule has 3 N–H and O–H groups in total. The molecule has 1 aliphatic rings. The second-order valence-corrected chi connectivity index (χ2v) is 13.2. The molecule has 240 valence electrons. The zero-order valence-electron chi connectivity index (χ0n) is 25.7. The number of carbonyl (C=O) groups is 1. The lowest BCUT2D eigenvalue weighted by molar-refractivity contribution is -0.122. The second kappa shape index (κ2) is 16.2. The Labute approximate surface area is 260 Å². The summed E-state index contributed by atoms with van der Waals surface area (Å²) in [6, 6.07) is 13.7. The number of fused-ring (bicyclic) bond motifs is 1. The van der Waals surface area contributed by atoms with Gasteiger partial charge in [-0.1, -0.05) is 81.1 Å². The van der Waals surface area contributed by atoms with Gasteiger partial charge in [0.1, 0.15) is 0 Å². The largest absolute Gasteiger partial charge is 0.416 e. The fraction of sp³-hybridized carbons (Fsp3) is 0.441. The topological polar surface area (TPSA) is 87.3 Å². The van der Waals surface area contributed by atoms with Crippen molar-refractivity contribution in [2.45, 2.75) is 77.6 Å². The lowest BCUT2D eigenvalue weighted by Gasteiger charge is -2.28. The van der Waals surface area contributed by atoms with Crippen LogP contribution in [-0.4, -0.2) is 33.6 Å². The van der Waals surface area contributed by atoms with Crippen molar-refractivity contribution >= 4 is 15.9 Å². The third-order valence-corrected chi connectivity index (χ3v) is 9.13. The summed E-state index contributed by atoms with van der Waals surface area (Å²) in [5.74, 6) is 0.255. The highest BCUT2D eigenvalue weighted by Crippen LogP contribution is 2.32. The first-order valence-corrected chi connectivity index (χ1v) is 16.6. The third-order valence-electron chi connectivity index (χ3n) is 7.56. The number of benzene rings is 2. The maximum absolute atomic E-state index is 13.4. The van der Waals surface area contributed by atoms with E-state index in [4.69, 9.17) is 0 Å². The summed E-state index contributed by atoms with van der Waals surface area (Å²) in [6.07, 6.45) is 1.78. The number of halogens is 3. The van der Waals surface area contributed by atoms with Crippen LogP contribution in [0, 0.1) is 5.92 Å². The molecule has 3 rings (SSSR count). The number of allylic oxidation sites excluding steroid dienone is 4.